The Morgan fingerprint density at radius 1 is 1.18 bits per heavy atom. The van der Waals surface area contributed by atoms with Crippen molar-refractivity contribution in [2.24, 2.45) is 5.73 Å². The van der Waals surface area contributed by atoms with E-state index in [1.165, 1.54) is 21.6 Å². The quantitative estimate of drug-likeness (QED) is 0.840. The number of benzene rings is 1. The van der Waals surface area contributed by atoms with Gasteiger partial charge in [-0.3, -0.25) is 4.98 Å². The average Bonchev–Trinajstić information content (AvgIpc) is 2.38. The number of nitrogens with zero attached hydrogens (tertiary/aromatic N) is 1. The minimum atomic E-state index is 0.610. The third-order valence-corrected chi connectivity index (χ3v) is 3.75. The number of aromatic nitrogens is 1. The first-order valence-electron chi connectivity index (χ1n) is 5.61. The zero-order valence-electron chi connectivity index (χ0n) is 9.89. The third-order valence-electron chi connectivity index (χ3n) is 2.69. The number of pyridine rings is 1. The van der Waals surface area contributed by atoms with Gasteiger partial charge >= 0.3 is 0 Å². The van der Waals surface area contributed by atoms with Crippen LogP contribution in [0, 0.1) is 6.92 Å². The van der Waals surface area contributed by atoms with E-state index in [2.05, 4.69) is 30.1 Å². The van der Waals surface area contributed by atoms with Crippen LogP contribution in [0.3, 0.4) is 0 Å². The predicted octanol–water partition coefficient (Wildman–Crippen LogP) is 3.14. The standard InChI is InChI=1S/C14H16N2S/c1-11-8-12(9-15)2-3-13(11)10-17-14-4-6-16-7-5-14/h2-8H,9-10,15H2,1H3. The highest BCUT2D eigenvalue weighted by molar-refractivity contribution is 7.98. The molecule has 2 N–H and O–H groups in total. The zero-order chi connectivity index (χ0) is 12.1. The van der Waals surface area contributed by atoms with Crippen LogP contribution in [0.5, 0.6) is 0 Å². The second-order valence-electron chi connectivity index (χ2n) is 3.94. The van der Waals surface area contributed by atoms with Crippen molar-refractivity contribution in [3.05, 3.63) is 59.4 Å². The molecule has 88 valence electrons. The van der Waals surface area contributed by atoms with Gasteiger partial charge in [0.1, 0.15) is 0 Å². The number of hydrogen-bond acceptors (Lipinski definition) is 3. The van der Waals surface area contributed by atoms with E-state index in [9.17, 15) is 0 Å². The third kappa shape index (κ3) is 3.32. The lowest BCUT2D eigenvalue weighted by atomic mass is 10.1. The maximum absolute atomic E-state index is 5.62. The molecule has 0 radical (unpaired) electrons. The van der Waals surface area contributed by atoms with Crippen LogP contribution in [0.25, 0.3) is 0 Å². The second kappa shape index (κ2) is 5.84. The summed E-state index contributed by atoms with van der Waals surface area (Å²) in [4.78, 5) is 5.27. The molecule has 0 fully saturated rings. The summed E-state index contributed by atoms with van der Waals surface area (Å²) >= 11 is 1.83. The van der Waals surface area contributed by atoms with E-state index in [1.807, 2.05) is 36.3 Å². The monoisotopic (exact) mass is 244 g/mol. The summed E-state index contributed by atoms with van der Waals surface area (Å²) in [5.41, 5.74) is 9.50. The number of aryl methyl sites for hydroxylation is 1. The molecule has 1 aromatic carbocycles. The van der Waals surface area contributed by atoms with Gasteiger partial charge in [0.2, 0.25) is 0 Å². The summed E-state index contributed by atoms with van der Waals surface area (Å²) in [5.74, 6) is 0.987. The number of hydrogen-bond donors (Lipinski definition) is 1. The van der Waals surface area contributed by atoms with Crippen LogP contribution >= 0.6 is 11.8 Å². The Kier molecular flexibility index (Phi) is 4.18. The molecule has 0 unspecified atom stereocenters. The predicted molar refractivity (Wildman–Crippen MR) is 72.9 cm³/mol. The molecule has 0 saturated heterocycles. The topological polar surface area (TPSA) is 38.9 Å². The van der Waals surface area contributed by atoms with Crippen LogP contribution in [0.1, 0.15) is 16.7 Å². The van der Waals surface area contributed by atoms with Gasteiger partial charge in [-0.25, -0.2) is 0 Å². The lowest BCUT2D eigenvalue weighted by molar-refractivity contribution is 1.06. The molecular weight excluding hydrogens is 228 g/mol. The second-order valence-corrected chi connectivity index (χ2v) is 4.99. The molecule has 1 aromatic heterocycles. The van der Waals surface area contributed by atoms with Crippen molar-refractivity contribution < 1.29 is 0 Å². The largest absolute Gasteiger partial charge is 0.326 e. The van der Waals surface area contributed by atoms with Gasteiger partial charge in [0, 0.05) is 29.6 Å². The summed E-state index contributed by atoms with van der Waals surface area (Å²) in [6, 6.07) is 10.5. The van der Waals surface area contributed by atoms with Gasteiger partial charge in [-0.15, -0.1) is 11.8 Å². The van der Waals surface area contributed by atoms with Gasteiger partial charge in [0.05, 0.1) is 0 Å². The molecule has 0 saturated carbocycles. The fourth-order valence-electron chi connectivity index (χ4n) is 1.64. The first kappa shape index (κ1) is 12.1. The van der Waals surface area contributed by atoms with Gasteiger partial charge in [-0.1, -0.05) is 18.2 Å². The number of nitrogens with two attached hydrogens (primary N) is 1. The van der Waals surface area contributed by atoms with E-state index >= 15 is 0 Å². The first-order valence-corrected chi connectivity index (χ1v) is 6.59. The Labute approximate surface area is 106 Å². The molecule has 1 heterocycles. The smallest absolute Gasteiger partial charge is 0.0278 e. The summed E-state index contributed by atoms with van der Waals surface area (Å²) < 4.78 is 0. The fraction of sp³-hybridized carbons (Fsp3) is 0.214. The highest BCUT2D eigenvalue weighted by atomic mass is 32.2. The minimum Gasteiger partial charge on any atom is -0.326 e. The molecule has 0 spiro atoms. The van der Waals surface area contributed by atoms with Crippen molar-refractivity contribution in [3.8, 4) is 0 Å². The van der Waals surface area contributed by atoms with Crippen molar-refractivity contribution in [2.75, 3.05) is 0 Å². The van der Waals surface area contributed by atoms with Crippen LogP contribution in [0.2, 0.25) is 0 Å². The molecule has 17 heavy (non-hydrogen) atoms. The maximum atomic E-state index is 5.62. The molecule has 0 aliphatic rings. The van der Waals surface area contributed by atoms with Gasteiger partial charge in [0.15, 0.2) is 0 Å². The summed E-state index contributed by atoms with van der Waals surface area (Å²) in [6.45, 7) is 2.75. The Bertz CT molecular complexity index is 483. The summed E-state index contributed by atoms with van der Waals surface area (Å²) in [5, 5.41) is 0. The molecule has 2 rings (SSSR count). The fourth-order valence-corrected chi connectivity index (χ4v) is 2.60. The number of rotatable bonds is 4. The van der Waals surface area contributed by atoms with E-state index < -0.39 is 0 Å². The Morgan fingerprint density at radius 2 is 1.94 bits per heavy atom. The number of thioether (sulfide) groups is 1. The molecular formula is C14H16N2S. The van der Waals surface area contributed by atoms with Gasteiger partial charge in [0.25, 0.3) is 0 Å². The maximum Gasteiger partial charge on any atom is 0.0278 e. The van der Waals surface area contributed by atoms with Gasteiger partial charge in [-0.05, 0) is 35.7 Å². The molecule has 0 atom stereocenters. The lowest BCUT2D eigenvalue weighted by Gasteiger charge is -2.07. The van der Waals surface area contributed by atoms with Crippen LogP contribution in [0.4, 0.5) is 0 Å². The molecule has 0 amide bonds. The molecule has 2 nitrogen and oxygen atoms in total. The van der Waals surface area contributed by atoms with E-state index in [1.54, 1.807) is 0 Å². The normalized spacial score (nSPS) is 10.5. The van der Waals surface area contributed by atoms with E-state index in [0.717, 1.165) is 5.75 Å². The van der Waals surface area contributed by atoms with Crippen molar-refractivity contribution in [3.63, 3.8) is 0 Å². The molecule has 2 aromatic rings. The van der Waals surface area contributed by atoms with Gasteiger partial charge < -0.3 is 5.73 Å². The van der Waals surface area contributed by atoms with Crippen molar-refractivity contribution >= 4 is 11.8 Å². The van der Waals surface area contributed by atoms with Crippen LogP contribution < -0.4 is 5.73 Å². The van der Waals surface area contributed by atoms with Crippen molar-refractivity contribution in [1.29, 1.82) is 0 Å². The van der Waals surface area contributed by atoms with E-state index in [0.29, 0.717) is 6.54 Å². The van der Waals surface area contributed by atoms with E-state index in [4.69, 9.17) is 5.73 Å². The van der Waals surface area contributed by atoms with E-state index in [-0.39, 0.29) is 0 Å². The zero-order valence-corrected chi connectivity index (χ0v) is 10.7. The first-order chi connectivity index (χ1) is 8.29. The molecule has 0 aliphatic heterocycles. The highest BCUT2D eigenvalue weighted by Gasteiger charge is 2.01. The minimum absolute atomic E-state index is 0.610. The van der Waals surface area contributed by atoms with Crippen LogP contribution in [0.15, 0.2) is 47.6 Å². The summed E-state index contributed by atoms with van der Waals surface area (Å²) in [6.07, 6.45) is 3.65. The van der Waals surface area contributed by atoms with Crippen molar-refractivity contribution in [1.82, 2.24) is 4.98 Å². The molecule has 0 aliphatic carbocycles. The summed E-state index contributed by atoms with van der Waals surface area (Å²) in [7, 11) is 0. The van der Waals surface area contributed by atoms with Crippen LogP contribution in [-0.2, 0) is 12.3 Å². The Balaban J connectivity index is 2.04. The van der Waals surface area contributed by atoms with Gasteiger partial charge in [-0.2, -0.15) is 0 Å². The lowest BCUT2D eigenvalue weighted by Crippen LogP contribution is -1.97. The SMILES string of the molecule is Cc1cc(CN)ccc1CSc1ccncc1. The molecule has 0 bridgehead atoms. The highest BCUT2D eigenvalue weighted by Crippen LogP contribution is 2.24. The van der Waals surface area contributed by atoms with Crippen LogP contribution in [-0.4, -0.2) is 4.98 Å². The van der Waals surface area contributed by atoms with Crippen molar-refractivity contribution in [2.45, 2.75) is 24.1 Å². The Morgan fingerprint density at radius 3 is 2.59 bits per heavy atom. The molecule has 3 heteroatoms. The average molecular weight is 244 g/mol. The Hall–Kier alpha value is -1.32.